The van der Waals surface area contributed by atoms with Crippen LogP contribution < -0.4 is 5.32 Å². The van der Waals surface area contributed by atoms with Gasteiger partial charge in [-0.1, -0.05) is 23.7 Å². The average Bonchev–Trinajstić information content (AvgIpc) is 2.94. The third-order valence-corrected chi connectivity index (χ3v) is 5.16. The van der Waals surface area contributed by atoms with Crippen molar-refractivity contribution in [3.63, 3.8) is 0 Å². The molecular weight excluding hydrogens is 346 g/mol. The van der Waals surface area contributed by atoms with Gasteiger partial charge >= 0.3 is 0 Å². The molecule has 5 nitrogen and oxygen atoms in total. The number of hydrogen-bond donors (Lipinski definition) is 1. The van der Waals surface area contributed by atoms with E-state index in [-0.39, 0.29) is 24.8 Å². The van der Waals surface area contributed by atoms with Crippen LogP contribution in [-0.2, 0) is 29.0 Å². The molecule has 2 heterocycles. The number of carbonyl (C=O) groups excluding carboxylic acids is 2. The van der Waals surface area contributed by atoms with Gasteiger partial charge in [0.25, 0.3) is 0 Å². The summed E-state index contributed by atoms with van der Waals surface area (Å²) in [6.07, 6.45) is 1.02. The number of thiazole rings is 1. The standard InChI is InChI=1S/C17H18ClN3O2S/c1-11-20-14-6-7-21(10-15(14)24-11)17(23)9-19-16(22)8-12-2-4-13(18)5-3-12/h2-5H,6-10H2,1H3,(H,19,22). The highest BCUT2D eigenvalue weighted by Crippen LogP contribution is 2.24. The van der Waals surface area contributed by atoms with Gasteiger partial charge in [0.05, 0.1) is 30.2 Å². The number of amides is 2. The lowest BCUT2D eigenvalue weighted by Gasteiger charge is -2.26. The maximum absolute atomic E-state index is 12.3. The number of benzene rings is 1. The number of fused-ring (bicyclic) bond motifs is 1. The molecule has 126 valence electrons. The summed E-state index contributed by atoms with van der Waals surface area (Å²) < 4.78 is 0. The number of nitrogens with zero attached hydrogens (tertiary/aromatic N) is 2. The first kappa shape index (κ1) is 16.9. The van der Waals surface area contributed by atoms with Gasteiger partial charge in [-0.05, 0) is 24.6 Å². The van der Waals surface area contributed by atoms with Crippen LogP contribution in [0.5, 0.6) is 0 Å². The second-order valence-electron chi connectivity index (χ2n) is 5.75. The van der Waals surface area contributed by atoms with Gasteiger partial charge in [-0.3, -0.25) is 9.59 Å². The smallest absolute Gasteiger partial charge is 0.242 e. The molecule has 1 aromatic carbocycles. The van der Waals surface area contributed by atoms with Gasteiger partial charge in [-0.15, -0.1) is 11.3 Å². The third-order valence-electron chi connectivity index (χ3n) is 3.91. The van der Waals surface area contributed by atoms with Crippen molar-refractivity contribution < 1.29 is 9.59 Å². The van der Waals surface area contributed by atoms with E-state index in [1.54, 1.807) is 28.4 Å². The fourth-order valence-electron chi connectivity index (χ4n) is 2.67. The van der Waals surface area contributed by atoms with Crippen molar-refractivity contribution in [2.45, 2.75) is 26.3 Å². The van der Waals surface area contributed by atoms with E-state index in [1.165, 1.54) is 0 Å². The zero-order valence-corrected chi connectivity index (χ0v) is 14.9. The Labute approximate surface area is 149 Å². The molecule has 1 aliphatic heterocycles. The van der Waals surface area contributed by atoms with Crippen LogP contribution in [0.1, 0.15) is 21.1 Å². The average molecular weight is 364 g/mol. The number of rotatable bonds is 4. The van der Waals surface area contributed by atoms with Crippen molar-refractivity contribution in [3.8, 4) is 0 Å². The van der Waals surface area contributed by atoms with Gasteiger partial charge in [0.2, 0.25) is 11.8 Å². The van der Waals surface area contributed by atoms with Crippen molar-refractivity contribution in [2.24, 2.45) is 0 Å². The Balaban J connectivity index is 1.49. The van der Waals surface area contributed by atoms with Crippen LogP contribution in [0.2, 0.25) is 5.02 Å². The second kappa shape index (κ2) is 7.32. The molecule has 0 aliphatic carbocycles. The highest BCUT2D eigenvalue weighted by molar-refractivity contribution is 7.11. The van der Waals surface area contributed by atoms with E-state index in [1.807, 2.05) is 19.1 Å². The van der Waals surface area contributed by atoms with Crippen LogP contribution in [0.3, 0.4) is 0 Å². The molecule has 1 N–H and O–H groups in total. The summed E-state index contributed by atoms with van der Waals surface area (Å²) in [5, 5.41) is 4.37. The van der Waals surface area contributed by atoms with E-state index < -0.39 is 0 Å². The fraction of sp³-hybridized carbons (Fsp3) is 0.353. The molecule has 3 rings (SSSR count). The number of carbonyl (C=O) groups is 2. The summed E-state index contributed by atoms with van der Waals surface area (Å²) in [6.45, 7) is 3.25. The van der Waals surface area contributed by atoms with E-state index >= 15 is 0 Å². The van der Waals surface area contributed by atoms with Crippen molar-refractivity contribution >= 4 is 34.8 Å². The lowest BCUT2D eigenvalue weighted by atomic mass is 10.1. The number of halogens is 1. The summed E-state index contributed by atoms with van der Waals surface area (Å²) in [4.78, 5) is 31.7. The van der Waals surface area contributed by atoms with Gasteiger partial charge in [0.1, 0.15) is 0 Å². The minimum Gasteiger partial charge on any atom is -0.347 e. The summed E-state index contributed by atoms with van der Waals surface area (Å²) in [5.74, 6) is -0.229. The minimum absolute atomic E-state index is 0.0273. The third kappa shape index (κ3) is 4.13. The molecule has 7 heteroatoms. The number of aryl methyl sites for hydroxylation is 1. The Morgan fingerprint density at radius 3 is 2.83 bits per heavy atom. The second-order valence-corrected chi connectivity index (χ2v) is 7.47. The Morgan fingerprint density at radius 1 is 1.33 bits per heavy atom. The predicted molar refractivity (Wildman–Crippen MR) is 94.1 cm³/mol. The zero-order valence-electron chi connectivity index (χ0n) is 13.3. The lowest BCUT2D eigenvalue weighted by molar-refractivity contribution is -0.133. The van der Waals surface area contributed by atoms with Gasteiger partial charge in [0.15, 0.2) is 0 Å². The fourth-order valence-corrected chi connectivity index (χ4v) is 3.80. The van der Waals surface area contributed by atoms with E-state index in [0.29, 0.717) is 18.1 Å². The first-order valence-electron chi connectivity index (χ1n) is 7.75. The highest BCUT2D eigenvalue weighted by Gasteiger charge is 2.23. The molecule has 1 aromatic heterocycles. The monoisotopic (exact) mass is 363 g/mol. The summed E-state index contributed by atoms with van der Waals surface area (Å²) in [6, 6.07) is 7.11. The van der Waals surface area contributed by atoms with Gasteiger partial charge < -0.3 is 10.2 Å². The van der Waals surface area contributed by atoms with Gasteiger partial charge in [-0.2, -0.15) is 0 Å². The molecule has 2 amide bonds. The van der Waals surface area contributed by atoms with Crippen LogP contribution >= 0.6 is 22.9 Å². The quantitative estimate of drug-likeness (QED) is 0.907. The first-order valence-corrected chi connectivity index (χ1v) is 8.95. The maximum Gasteiger partial charge on any atom is 0.242 e. The number of nitrogens with one attached hydrogen (secondary N) is 1. The molecule has 0 radical (unpaired) electrons. The summed E-state index contributed by atoms with van der Waals surface area (Å²) in [5.41, 5.74) is 1.97. The largest absolute Gasteiger partial charge is 0.347 e. The zero-order chi connectivity index (χ0) is 17.1. The lowest BCUT2D eigenvalue weighted by Crippen LogP contribution is -2.42. The SMILES string of the molecule is Cc1nc2c(s1)CN(C(=O)CNC(=O)Cc1ccc(Cl)cc1)CC2. The molecular formula is C17H18ClN3O2S. The van der Waals surface area contributed by atoms with Crippen molar-refractivity contribution in [1.82, 2.24) is 15.2 Å². The Hall–Kier alpha value is -1.92. The molecule has 0 saturated carbocycles. The maximum atomic E-state index is 12.3. The predicted octanol–water partition coefficient (Wildman–Crippen LogP) is 2.35. The van der Waals surface area contributed by atoms with E-state index in [9.17, 15) is 9.59 Å². The van der Waals surface area contributed by atoms with Gasteiger partial charge in [0, 0.05) is 22.9 Å². The van der Waals surface area contributed by atoms with E-state index in [0.717, 1.165) is 27.6 Å². The molecule has 0 saturated heterocycles. The number of hydrogen-bond acceptors (Lipinski definition) is 4. The topological polar surface area (TPSA) is 62.3 Å². The highest BCUT2D eigenvalue weighted by atomic mass is 35.5. The van der Waals surface area contributed by atoms with Crippen LogP contribution in [-0.4, -0.2) is 34.8 Å². The molecule has 0 fully saturated rings. The van der Waals surface area contributed by atoms with E-state index in [4.69, 9.17) is 11.6 Å². The van der Waals surface area contributed by atoms with Gasteiger partial charge in [-0.25, -0.2) is 4.98 Å². The van der Waals surface area contributed by atoms with Crippen molar-refractivity contribution in [2.75, 3.05) is 13.1 Å². The minimum atomic E-state index is -0.169. The van der Waals surface area contributed by atoms with Crippen LogP contribution in [0.15, 0.2) is 24.3 Å². The van der Waals surface area contributed by atoms with Crippen molar-refractivity contribution in [1.29, 1.82) is 0 Å². The Kier molecular flexibility index (Phi) is 5.16. The number of aromatic nitrogens is 1. The molecule has 0 bridgehead atoms. The van der Waals surface area contributed by atoms with Crippen LogP contribution in [0, 0.1) is 6.92 Å². The molecule has 2 aromatic rings. The van der Waals surface area contributed by atoms with E-state index in [2.05, 4.69) is 10.3 Å². The first-order chi connectivity index (χ1) is 11.5. The molecule has 24 heavy (non-hydrogen) atoms. The summed E-state index contributed by atoms with van der Waals surface area (Å²) >= 11 is 7.46. The molecule has 0 unspecified atom stereocenters. The molecule has 1 aliphatic rings. The molecule has 0 spiro atoms. The Morgan fingerprint density at radius 2 is 2.08 bits per heavy atom. The Bertz CT molecular complexity index is 758. The van der Waals surface area contributed by atoms with Crippen LogP contribution in [0.25, 0.3) is 0 Å². The normalized spacial score (nSPS) is 13.5. The molecule has 0 atom stereocenters. The van der Waals surface area contributed by atoms with Crippen molar-refractivity contribution in [3.05, 3.63) is 50.4 Å². The van der Waals surface area contributed by atoms with Crippen LogP contribution in [0.4, 0.5) is 0 Å². The summed E-state index contributed by atoms with van der Waals surface area (Å²) in [7, 11) is 0.